The first kappa shape index (κ1) is 12.0. The maximum absolute atomic E-state index is 11.3. The molecule has 5 heteroatoms. The van der Waals surface area contributed by atoms with Gasteiger partial charge in [-0.2, -0.15) is 5.26 Å². The van der Waals surface area contributed by atoms with Crippen molar-refractivity contribution in [2.24, 2.45) is 0 Å². The molecule has 0 aliphatic carbocycles. The summed E-state index contributed by atoms with van der Waals surface area (Å²) in [6.07, 6.45) is 2.95. The zero-order valence-corrected chi connectivity index (χ0v) is 9.19. The Hall–Kier alpha value is -2.09. The van der Waals surface area contributed by atoms with Gasteiger partial charge in [0.2, 0.25) is 0 Å². The number of methoxy groups -OCH3 is 1. The van der Waals surface area contributed by atoms with E-state index in [2.05, 4.69) is 4.98 Å². The summed E-state index contributed by atoms with van der Waals surface area (Å²) in [5.41, 5.74) is 0.865. The summed E-state index contributed by atoms with van der Waals surface area (Å²) in [5, 5.41) is 8.83. The van der Waals surface area contributed by atoms with Crippen LogP contribution in [0.15, 0.2) is 12.4 Å². The van der Waals surface area contributed by atoms with E-state index in [0.717, 1.165) is 0 Å². The van der Waals surface area contributed by atoms with Gasteiger partial charge < -0.3 is 9.47 Å². The van der Waals surface area contributed by atoms with Gasteiger partial charge in [-0.3, -0.25) is 9.78 Å². The second kappa shape index (κ2) is 5.71. The van der Waals surface area contributed by atoms with E-state index >= 15 is 0 Å². The van der Waals surface area contributed by atoms with Crippen LogP contribution in [0, 0.1) is 11.3 Å². The summed E-state index contributed by atoms with van der Waals surface area (Å²) in [6.45, 7) is 2.06. The SMILES string of the molecule is CCOC(=O)Cc1cncc(C#N)c1OC. The lowest BCUT2D eigenvalue weighted by Crippen LogP contribution is -2.09. The predicted molar refractivity (Wildman–Crippen MR) is 55.8 cm³/mol. The molecule has 0 saturated heterocycles. The van der Waals surface area contributed by atoms with Crippen molar-refractivity contribution in [3.63, 3.8) is 0 Å². The van der Waals surface area contributed by atoms with E-state index in [9.17, 15) is 4.79 Å². The molecule has 1 aromatic rings. The fraction of sp³-hybridized carbons (Fsp3) is 0.364. The van der Waals surface area contributed by atoms with Crippen molar-refractivity contribution in [1.29, 1.82) is 5.26 Å². The van der Waals surface area contributed by atoms with Crippen LogP contribution >= 0.6 is 0 Å². The highest BCUT2D eigenvalue weighted by molar-refractivity contribution is 5.73. The molecular formula is C11H12N2O3. The number of carbonyl (C=O) groups is 1. The standard InChI is InChI=1S/C11H12N2O3/c1-3-16-10(14)4-8-6-13-7-9(5-12)11(8)15-2/h6-7H,3-4H2,1-2H3. The first-order valence-electron chi connectivity index (χ1n) is 4.79. The molecule has 16 heavy (non-hydrogen) atoms. The van der Waals surface area contributed by atoms with Crippen LogP contribution in [-0.2, 0) is 16.0 Å². The molecule has 0 atom stereocenters. The van der Waals surface area contributed by atoms with E-state index in [-0.39, 0.29) is 12.4 Å². The Morgan fingerprint density at radius 2 is 2.31 bits per heavy atom. The molecular weight excluding hydrogens is 208 g/mol. The normalized spacial score (nSPS) is 9.31. The average molecular weight is 220 g/mol. The highest BCUT2D eigenvalue weighted by atomic mass is 16.5. The van der Waals surface area contributed by atoms with E-state index in [0.29, 0.717) is 23.5 Å². The van der Waals surface area contributed by atoms with Crippen LogP contribution in [-0.4, -0.2) is 24.7 Å². The monoisotopic (exact) mass is 220 g/mol. The minimum Gasteiger partial charge on any atom is -0.495 e. The van der Waals surface area contributed by atoms with E-state index in [4.69, 9.17) is 14.7 Å². The van der Waals surface area contributed by atoms with E-state index in [1.165, 1.54) is 19.5 Å². The first-order valence-corrected chi connectivity index (χ1v) is 4.79. The van der Waals surface area contributed by atoms with Crippen molar-refractivity contribution in [3.8, 4) is 11.8 Å². The Labute approximate surface area is 93.6 Å². The third-order valence-electron chi connectivity index (χ3n) is 1.93. The molecule has 0 N–H and O–H groups in total. The molecule has 0 radical (unpaired) electrons. The molecule has 0 aliphatic heterocycles. The lowest BCUT2D eigenvalue weighted by Gasteiger charge is -2.08. The van der Waals surface area contributed by atoms with Crippen molar-refractivity contribution in [2.45, 2.75) is 13.3 Å². The number of hydrogen-bond acceptors (Lipinski definition) is 5. The van der Waals surface area contributed by atoms with E-state index in [1.54, 1.807) is 6.92 Å². The van der Waals surface area contributed by atoms with Crippen LogP contribution in [0.3, 0.4) is 0 Å². The van der Waals surface area contributed by atoms with Crippen LogP contribution in [0.2, 0.25) is 0 Å². The Bertz CT molecular complexity index is 424. The van der Waals surface area contributed by atoms with Crippen LogP contribution in [0.25, 0.3) is 0 Å². The van der Waals surface area contributed by atoms with Gasteiger partial charge in [0, 0.05) is 18.0 Å². The summed E-state index contributed by atoms with van der Waals surface area (Å²) >= 11 is 0. The van der Waals surface area contributed by atoms with Crippen molar-refractivity contribution in [2.75, 3.05) is 13.7 Å². The highest BCUT2D eigenvalue weighted by Gasteiger charge is 2.13. The molecule has 1 aromatic heterocycles. The van der Waals surface area contributed by atoms with Crippen LogP contribution in [0.4, 0.5) is 0 Å². The van der Waals surface area contributed by atoms with Gasteiger partial charge in [-0.25, -0.2) is 0 Å². The Balaban J connectivity index is 2.96. The average Bonchev–Trinajstić information content (AvgIpc) is 2.29. The number of ether oxygens (including phenoxy) is 2. The summed E-state index contributed by atoms with van der Waals surface area (Å²) in [6, 6.07) is 1.95. The highest BCUT2D eigenvalue weighted by Crippen LogP contribution is 2.22. The van der Waals surface area contributed by atoms with Crippen molar-refractivity contribution < 1.29 is 14.3 Å². The summed E-state index contributed by atoms with van der Waals surface area (Å²) in [5.74, 6) is 0.0169. The smallest absolute Gasteiger partial charge is 0.310 e. The molecule has 0 bridgehead atoms. The molecule has 0 saturated carbocycles. The Morgan fingerprint density at radius 1 is 1.56 bits per heavy atom. The second-order valence-corrected chi connectivity index (χ2v) is 2.97. The number of rotatable bonds is 4. The van der Waals surface area contributed by atoms with Gasteiger partial charge in [-0.05, 0) is 6.92 Å². The Morgan fingerprint density at radius 3 is 2.88 bits per heavy atom. The summed E-state index contributed by atoms with van der Waals surface area (Å²) < 4.78 is 9.89. The molecule has 0 fully saturated rings. The molecule has 0 spiro atoms. The molecule has 1 heterocycles. The van der Waals surface area contributed by atoms with Gasteiger partial charge in [-0.1, -0.05) is 0 Å². The largest absolute Gasteiger partial charge is 0.495 e. The molecule has 84 valence electrons. The van der Waals surface area contributed by atoms with Gasteiger partial charge in [-0.15, -0.1) is 0 Å². The lowest BCUT2D eigenvalue weighted by atomic mass is 10.1. The molecule has 5 nitrogen and oxygen atoms in total. The van der Waals surface area contributed by atoms with Gasteiger partial charge in [0.1, 0.15) is 17.4 Å². The Kier molecular flexibility index (Phi) is 4.28. The third kappa shape index (κ3) is 2.70. The number of aromatic nitrogens is 1. The quantitative estimate of drug-likeness (QED) is 0.709. The molecule has 0 unspecified atom stereocenters. The minimum absolute atomic E-state index is 0.0551. The van der Waals surface area contributed by atoms with Crippen LogP contribution < -0.4 is 4.74 Å². The van der Waals surface area contributed by atoms with Crippen molar-refractivity contribution in [1.82, 2.24) is 4.98 Å². The molecule has 0 amide bonds. The molecule has 0 aromatic carbocycles. The van der Waals surface area contributed by atoms with Gasteiger partial charge in [0.25, 0.3) is 0 Å². The predicted octanol–water partition coefficient (Wildman–Crippen LogP) is 1.07. The third-order valence-corrected chi connectivity index (χ3v) is 1.93. The van der Waals surface area contributed by atoms with E-state index < -0.39 is 0 Å². The fourth-order valence-corrected chi connectivity index (χ4v) is 1.31. The maximum atomic E-state index is 11.3. The second-order valence-electron chi connectivity index (χ2n) is 2.97. The summed E-state index contributed by atoms with van der Waals surface area (Å²) in [4.78, 5) is 15.2. The fourth-order valence-electron chi connectivity index (χ4n) is 1.31. The minimum atomic E-state index is -0.363. The van der Waals surface area contributed by atoms with Crippen molar-refractivity contribution in [3.05, 3.63) is 23.5 Å². The van der Waals surface area contributed by atoms with Crippen LogP contribution in [0.5, 0.6) is 5.75 Å². The van der Waals surface area contributed by atoms with Gasteiger partial charge in [0.15, 0.2) is 0 Å². The number of nitrogens with zero attached hydrogens (tertiary/aromatic N) is 2. The number of nitriles is 1. The first-order chi connectivity index (χ1) is 7.72. The zero-order chi connectivity index (χ0) is 12.0. The number of esters is 1. The van der Waals surface area contributed by atoms with Crippen molar-refractivity contribution >= 4 is 5.97 Å². The zero-order valence-electron chi connectivity index (χ0n) is 9.19. The van der Waals surface area contributed by atoms with Gasteiger partial charge >= 0.3 is 5.97 Å². The summed E-state index contributed by atoms with van der Waals surface area (Å²) in [7, 11) is 1.45. The van der Waals surface area contributed by atoms with Gasteiger partial charge in [0.05, 0.1) is 20.1 Å². The maximum Gasteiger partial charge on any atom is 0.310 e. The number of pyridine rings is 1. The lowest BCUT2D eigenvalue weighted by molar-refractivity contribution is -0.142. The molecule has 0 aliphatic rings. The topological polar surface area (TPSA) is 72.2 Å². The van der Waals surface area contributed by atoms with Crippen LogP contribution in [0.1, 0.15) is 18.1 Å². The number of hydrogen-bond donors (Lipinski definition) is 0. The van der Waals surface area contributed by atoms with E-state index in [1.807, 2.05) is 6.07 Å². The number of carbonyl (C=O) groups excluding carboxylic acids is 1. The molecule has 1 rings (SSSR count).